The molecule has 1 N–H and O–H groups in total. The molecule has 0 saturated heterocycles. The Morgan fingerprint density at radius 3 is 2.95 bits per heavy atom. The molecule has 2 nitrogen and oxygen atoms in total. The van der Waals surface area contributed by atoms with Crippen LogP contribution in [0.25, 0.3) is 0 Å². The van der Waals surface area contributed by atoms with E-state index in [1.807, 2.05) is 11.8 Å². The number of hydrogen-bond acceptors (Lipinski definition) is 4. The van der Waals surface area contributed by atoms with Crippen LogP contribution in [0.3, 0.4) is 0 Å². The van der Waals surface area contributed by atoms with Gasteiger partial charge in [-0.3, -0.25) is 0 Å². The van der Waals surface area contributed by atoms with E-state index in [1.54, 1.807) is 18.4 Å². The van der Waals surface area contributed by atoms with Gasteiger partial charge in [-0.25, -0.2) is 0 Å². The number of rotatable bonds is 7. The molecule has 0 amide bonds. The molecule has 102 valence electrons. The molecule has 4 heteroatoms. The fourth-order valence-corrected chi connectivity index (χ4v) is 3.61. The largest absolute Gasteiger partial charge is 0.383 e. The van der Waals surface area contributed by atoms with Crippen molar-refractivity contribution < 1.29 is 4.74 Å². The highest BCUT2D eigenvalue weighted by Crippen LogP contribution is 2.33. The number of nitrogens with one attached hydrogen (secondary N) is 1. The predicted octanol–water partition coefficient (Wildman–Crippen LogP) is 3.94. The smallest absolute Gasteiger partial charge is 0.0646 e. The van der Waals surface area contributed by atoms with E-state index in [2.05, 4.69) is 48.0 Å². The van der Waals surface area contributed by atoms with Crippen molar-refractivity contribution in [2.45, 2.75) is 22.6 Å². The van der Waals surface area contributed by atoms with Crippen molar-refractivity contribution in [1.29, 1.82) is 0 Å². The fraction of sp³-hybridized carbons (Fsp3) is 0.333. The van der Waals surface area contributed by atoms with E-state index in [4.69, 9.17) is 4.74 Å². The summed E-state index contributed by atoms with van der Waals surface area (Å²) in [7, 11) is 1.73. The molecule has 0 bridgehead atoms. The van der Waals surface area contributed by atoms with Gasteiger partial charge in [0.05, 0.1) is 10.8 Å². The summed E-state index contributed by atoms with van der Waals surface area (Å²) in [5.41, 5.74) is 2.66. The number of aryl methyl sites for hydroxylation is 1. The van der Waals surface area contributed by atoms with Crippen LogP contribution in [-0.2, 0) is 11.3 Å². The first-order valence-corrected chi connectivity index (χ1v) is 8.00. The van der Waals surface area contributed by atoms with Gasteiger partial charge in [0.1, 0.15) is 0 Å². The SMILES string of the molecule is COCCNCc1cc(C)ccc1Sc1cccs1. The van der Waals surface area contributed by atoms with Gasteiger partial charge in [0.2, 0.25) is 0 Å². The van der Waals surface area contributed by atoms with Crippen LogP contribution in [0.2, 0.25) is 0 Å². The Hall–Kier alpha value is -0.810. The standard InChI is InChI=1S/C15H19NOS2/c1-12-5-6-14(19-15-4-3-9-18-15)13(10-12)11-16-7-8-17-2/h3-6,9-10,16H,7-8,11H2,1-2H3. The van der Waals surface area contributed by atoms with Crippen molar-refractivity contribution in [3.05, 3.63) is 46.8 Å². The summed E-state index contributed by atoms with van der Waals surface area (Å²) in [5.74, 6) is 0. The molecule has 0 fully saturated rings. The van der Waals surface area contributed by atoms with Gasteiger partial charge in [-0.15, -0.1) is 11.3 Å². The predicted molar refractivity (Wildman–Crippen MR) is 83.2 cm³/mol. The summed E-state index contributed by atoms with van der Waals surface area (Å²) in [6.45, 7) is 4.66. The Labute approximate surface area is 123 Å². The van der Waals surface area contributed by atoms with Crippen LogP contribution in [-0.4, -0.2) is 20.3 Å². The Morgan fingerprint density at radius 2 is 2.21 bits per heavy atom. The van der Waals surface area contributed by atoms with Gasteiger partial charge in [0.25, 0.3) is 0 Å². The highest BCUT2D eigenvalue weighted by Gasteiger charge is 2.05. The van der Waals surface area contributed by atoms with Gasteiger partial charge in [-0.2, -0.15) is 0 Å². The van der Waals surface area contributed by atoms with E-state index in [0.717, 1.165) is 19.7 Å². The molecule has 1 aromatic heterocycles. The van der Waals surface area contributed by atoms with E-state index in [1.165, 1.54) is 20.2 Å². The first-order valence-electron chi connectivity index (χ1n) is 6.30. The lowest BCUT2D eigenvalue weighted by Gasteiger charge is -2.10. The molecule has 0 aliphatic heterocycles. The fourth-order valence-electron chi connectivity index (χ4n) is 1.77. The van der Waals surface area contributed by atoms with Crippen molar-refractivity contribution in [1.82, 2.24) is 5.32 Å². The molecule has 2 rings (SSSR count). The Bertz CT molecular complexity index is 497. The third-order valence-corrected chi connectivity index (χ3v) is 4.88. The molecule has 0 radical (unpaired) electrons. The van der Waals surface area contributed by atoms with Crippen LogP contribution in [0.4, 0.5) is 0 Å². The van der Waals surface area contributed by atoms with E-state index >= 15 is 0 Å². The van der Waals surface area contributed by atoms with E-state index in [0.29, 0.717) is 0 Å². The minimum Gasteiger partial charge on any atom is -0.383 e. The number of hydrogen-bond donors (Lipinski definition) is 1. The third kappa shape index (κ3) is 4.66. The Kier molecular flexibility index (Phi) is 5.92. The zero-order valence-electron chi connectivity index (χ0n) is 11.3. The molecular weight excluding hydrogens is 274 g/mol. The zero-order valence-corrected chi connectivity index (χ0v) is 12.9. The lowest BCUT2D eigenvalue weighted by atomic mass is 10.1. The monoisotopic (exact) mass is 293 g/mol. The maximum absolute atomic E-state index is 5.05. The van der Waals surface area contributed by atoms with Gasteiger partial charge in [0, 0.05) is 25.1 Å². The molecular formula is C15H19NOS2. The molecule has 0 aliphatic carbocycles. The molecule has 2 aromatic rings. The minimum atomic E-state index is 0.749. The summed E-state index contributed by atoms with van der Waals surface area (Å²) < 4.78 is 6.39. The number of benzene rings is 1. The molecule has 0 spiro atoms. The molecule has 0 aliphatic rings. The summed E-state index contributed by atoms with van der Waals surface area (Å²) in [4.78, 5) is 1.33. The lowest BCUT2D eigenvalue weighted by molar-refractivity contribution is 0.199. The summed E-state index contributed by atoms with van der Waals surface area (Å²) >= 11 is 3.63. The zero-order chi connectivity index (χ0) is 13.5. The third-order valence-electron chi connectivity index (χ3n) is 2.72. The van der Waals surface area contributed by atoms with Gasteiger partial charge in [-0.1, -0.05) is 35.5 Å². The van der Waals surface area contributed by atoms with Crippen LogP contribution in [0, 0.1) is 6.92 Å². The van der Waals surface area contributed by atoms with Gasteiger partial charge < -0.3 is 10.1 Å². The summed E-state index contributed by atoms with van der Waals surface area (Å²) in [6.07, 6.45) is 0. The topological polar surface area (TPSA) is 21.3 Å². The average molecular weight is 293 g/mol. The van der Waals surface area contributed by atoms with Crippen molar-refractivity contribution >= 4 is 23.1 Å². The van der Waals surface area contributed by atoms with Crippen LogP contribution >= 0.6 is 23.1 Å². The quantitative estimate of drug-likeness (QED) is 0.781. The molecule has 19 heavy (non-hydrogen) atoms. The van der Waals surface area contributed by atoms with Crippen molar-refractivity contribution in [3.63, 3.8) is 0 Å². The van der Waals surface area contributed by atoms with Crippen LogP contribution in [0.1, 0.15) is 11.1 Å². The second-order valence-electron chi connectivity index (χ2n) is 4.31. The van der Waals surface area contributed by atoms with Crippen LogP contribution < -0.4 is 5.32 Å². The molecule has 0 atom stereocenters. The lowest BCUT2D eigenvalue weighted by Crippen LogP contribution is -2.18. The highest BCUT2D eigenvalue weighted by molar-refractivity contribution is 8.01. The van der Waals surface area contributed by atoms with Gasteiger partial charge >= 0.3 is 0 Å². The van der Waals surface area contributed by atoms with Crippen molar-refractivity contribution in [2.24, 2.45) is 0 Å². The Balaban J connectivity index is 2.04. The number of methoxy groups -OCH3 is 1. The Morgan fingerprint density at radius 1 is 1.32 bits per heavy atom. The first kappa shape index (κ1) is 14.6. The van der Waals surface area contributed by atoms with Crippen LogP contribution in [0.15, 0.2) is 44.8 Å². The maximum Gasteiger partial charge on any atom is 0.0646 e. The average Bonchev–Trinajstić information content (AvgIpc) is 2.90. The minimum absolute atomic E-state index is 0.749. The van der Waals surface area contributed by atoms with E-state index < -0.39 is 0 Å². The summed E-state index contributed by atoms with van der Waals surface area (Å²) in [5, 5.41) is 5.53. The number of thiophene rings is 1. The van der Waals surface area contributed by atoms with Gasteiger partial charge in [-0.05, 0) is 30.0 Å². The summed E-state index contributed by atoms with van der Waals surface area (Å²) in [6, 6.07) is 10.9. The number of ether oxygens (including phenoxy) is 1. The van der Waals surface area contributed by atoms with Gasteiger partial charge in [0.15, 0.2) is 0 Å². The normalized spacial score (nSPS) is 10.8. The molecule has 1 heterocycles. The van der Waals surface area contributed by atoms with E-state index in [9.17, 15) is 0 Å². The van der Waals surface area contributed by atoms with Crippen molar-refractivity contribution in [3.8, 4) is 0 Å². The second-order valence-corrected chi connectivity index (χ2v) is 6.60. The van der Waals surface area contributed by atoms with E-state index in [-0.39, 0.29) is 0 Å². The maximum atomic E-state index is 5.05. The second kappa shape index (κ2) is 7.70. The molecule has 0 saturated carbocycles. The molecule has 1 aromatic carbocycles. The highest BCUT2D eigenvalue weighted by atomic mass is 32.2. The van der Waals surface area contributed by atoms with Crippen molar-refractivity contribution in [2.75, 3.05) is 20.3 Å². The first-order chi connectivity index (χ1) is 9.29. The van der Waals surface area contributed by atoms with Crippen LogP contribution in [0.5, 0.6) is 0 Å². The molecule has 0 unspecified atom stereocenters.